The van der Waals surface area contributed by atoms with Gasteiger partial charge in [-0.1, -0.05) is 5.16 Å². The van der Waals surface area contributed by atoms with E-state index in [9.17, 15) is 13.2 Å². The minimum Gasteiger partial charge on any atom is -0.476 e. The molecule has 0 fully saturated rings. The number of rotatable bonds is 6. The predicted octanol–water partition coefficient (Wildman–Crippen LogP) is 0.0537. The Bertz CT molecular complexity index is 720. The highest BCUT2D eigenvalue weighted by Crippen LogP contribution is 2.19. The second-order valence-corrected chi connectivity index (χ2v) is 6.49. The van der Waals surface area contributed by atoms with Crippen molar-refractivity contribution in [2.45, 2.75) is 17.6 Å². The zero-order chi connectivity index (χ0) is 14.8. The highest BCUT2D eigenvalue weighted by Gasteiger charge is 2.25. The van der Waals surface area contributed by atoms with E-state index in [1.807, 2.05) is 0 Å². The molecule has 0 aliphatic heterocycles. The summed E-state index contributed by atoms with van der Waals surface area (Å²) in [6, 6.07) is 0. The van der Waals surface area contributed by atoms with E-state index >= 15 is 0 Å². The first kappa shape index (κ1) is 14.6. The van der Waals surface area contributed by atoms with Gasteiger partial charge in [-0.2, -0.15) is 4.98 Å². The van der Waals surface area contributed by atoms with Crippen molar-refractivity contribution in [2.24, 2.45) is 0 Å². The molecule has 20 heavy (non-hydrogen) atoms. The Morgan fingerprint density at radius 2 is 2.30 bits per heavy atom. The molecule has 2 aromatic rings. The van der Waals surface area contributed by atoms with Crippen LogP contribution in [0, 0.1) is 6.92 Å². The normalized spacial score (nSPS) is 11.7. The van der Waals surface area contributed by atoms with Gasteiger partial charge in [-0.15, -0.1) is 11.3 Å². The zero-order valence-electron chi connectivity index (χ0n) is 10.2. The Kier molecular flexibility index (Phi) is 4.11. The van der Waals surface area contributed by atoms with Gasteiger partial charge in [0.25, 0.3) is 10.0 Å². The fraction of sp³-hybridized carbons (Fsp3) is 0.333. The van der Waals surface area contributed by atoms with Crippen molar-refractivity contribution >= 4 is 27.3 Å². The zero-order valence-corrected chi connectivity index (χ0v) is 11.9. The van der Waals surface area contributed by atoms with Gasteiger partial charge in [-0.25, -0.2) is 22.9 Å². The molecule has 0 saturated carbocycles. The maximum atomic E-state index is 11.9. The number of hydrogen-bond donors (Lipinski definition) is 2. The number of thiazole rings is 1. The molecule has 2 rings (SSSR count). The summed E-state index contributed by atoms with van der Waals surface area (Å²) in [5.74, 6) is -0.633. The van der Waals surface area contributed by atoms with Gasteiger partial charge in [0.05, 0.1) is 5.51 Å². The van der Waals surface area contributed by atoms with Crippen LogP contribution in [-0.2, 0) is 16.4 Å². The van der Waals surface area contributed by atoms with E-state index in [1.165, 1.54) is 5.51 Å². The highest BCUT2D eigenvalue weighted by atomic mass is 32.2. The van der Waals surface area contributed by atoms with Crippen molar-refractivity contribution < 1.29 is 22.8 Å². The summed E-state index contributed by atoms with van der Waals surface area (Å²) in [5.41, 5.74) is 0.679. The van der Waals surface area contributed by atoms with Gasteiger partial charge >= 0.3 is 5.97 Å². The molecule has 11 heteroatoms. The third kappa shape index (κ3) is 3.18. The van der Waals surface area contributed by atoms with Crippen molar-refractivity contribution in [1.82, 2.24) is 19.8 Å². The van der Waals surface area contributed by atoms with Gasteiger partial charge in [0.1, 0.15) is 0 Å². The van der Waals surface area contributed by atoms with Crippen LogP contribution in [0.3, 0.4) is 0 Å². The van der Waals surface area contributed by atoms with E-state index in [4.69, 9.17) is 9.63 Å². The molecule has 0 aromatic carbocycles. The lowest BCUT2D eigenvalue weighted by atomic mass is 10.4. The van der Waals surface area contributed by atoms with Crippen LogP contribution in [0.1, 0.15) is 22.2 Å². The molecule has 0 saturated heterocycles. The van der Waals surface area contributed by atoms with Crippen molar-refractivity contribution in [3.8, 4) is 0 Å². The second kappa shape index (κ2) is 5.64. The second-order valence-electron chi connectivity index (χ2n) is 3.67. The molecule has 0 spiro atoms. The fourth-order valence-electron chi connectivity index (χ4n) is 1.37. The Morgan fingerprint density at radius 1 is 1.55 bits per heavy atom. The molecule has 0 amide bonds. The number of sulfonamides is 1. The maximum absolute atomic E-state index is 11.9. The number of nitrogens with one attached hydrogen (secondary N) is 1. The molecular weight excluding hydrogens is 308 g/mol. The summed E-state index contributed by atoms with van der Waals surface area (Å²) >= 11 is 0.743. The molecule has 108 valence electrons. The van der Waals surface area contributed by atoms with E-state index in [0.717, 1.165) is 11.3 Å². The van der Waals surface area contributed by atoms with Gasteiger partial charge < -0.3 is 9.63 Å². The van der Waals surface area contributed by atoms with E-state index in [2.05, 4.69) is 19.8 Å². The quantitative estimate of drug-likeness (QED) is 0.763. The fourth-order valence-corrected chi connectivity index (χ4v) is 3.59. The Balaban J connectivity index is 2.04. The summed E-state index contributed by atoms with van der Waals surface area (Å²) in [7, 11) is -3.92. The molecule has 0 aliphatic rings. The Hall–Kier alpha value is -1.85. The SMILES string of the molecule is Cc1nc(CCNS(=O)(=O)c2scnc2C(=O)O)no1. The van der Waals surface area contributed by atoms with Gasteiger partial charge in [0.15, 0.2) is 15.7 Å². The van der Waals surface area contributed by atoms with Gasteiger partial charge in [0, 0.05) is 19.9 Å². The van der Waals surface area contributed by atoms with Crippen LogP contribution in [-0.4, -0.2) is 41.2 Å². The number of hydrogen-bond acceptors (Lipinski definition) is 8. The lowest BCUT2D eigenvalue weighted by Crippen LogP contribution is -2.27. The third-order valence-corrected chi connectivity index (χ3v) is 5.02. The molecule has 9 nitrogen and oxygen atoms in total. The van der Waals surface area contributed by atoms with E-state index < -0.39 is 21.7 Å². The standard InChI is InChI=1S/C9H10N4O5S2/c1-5-12-6(13-18-5)2-3-11-20(16,17)9-7(8(14)15)10-4-19-9/h4,11H,2-3H2,1H3,(H,14,15). The number of carbonyl (C=O) groups is 1. The van der Waals surface area contributed by atoms with Crippen molar-refractivity contribution in [2.75, 3.05) is 6.54 Å². The van der Waals surface area contributed by atoms with E-state index in [-0.39, 0.29) is 17.2 Å². The van der Waals surface area contributed by atoms with Crippen LogP contribution in [0.4, 0.5) is 0 Å². The molecule has 2 heterocycles. The largest absolute Gasteiger partial charge is 0.476 e. The molecule has 0 bridgehead atoms. The Labute approximate surface area is 117 Å². The topological polar surface area (TPSA) is 135 Å². The summed E-state index contributed by atoms with van der Waals surface area (Å²) in [6.45, 7) is 1.65. The average Bonchev–Trinajstić information content (AvgIpc) is 2.97. The first-order valence-corrected chi connectivity index (χ1v) is 7.72. The number of aromatic nitrogens is 3. The predicted molar refractivity (Wildman–Crippen MR) is 67.0 cm³/mol. The lowest BCUT2D eigenvalue weighted by molar-refractivity contribution is 0.0687. The van der Waals surface area contributed by atoms with Crippen LogP contribution in [0.2, 0.25) is 0 Å². The summed E-state index contributed by atoms with van der Waals surface area (Å²) in [4.78, 5) is 18.3. The third-order valence-electron chi connectivity index (χ3n) is 2.19. The van der Waals surface area contributed by atoms with Gasteiger partial charge in [0.2, 0.25) is 5.89 Å². The first-order valence-electron chi connectivity index (χ1n) is 5.36. The summed E-state index contributed by atoms with van der Waals surface area (Å²) < 4.78 is 30.6. The van der Waals surface area contributed by atoms with E-state index in [1.54, 1.807) is 6.92 Å². The lowest BCUT2D eigenvalue weighted by Gasteiger charge is -2.03. The van der Waals surface area contributed by atoms with Crippen molar-refractivity contribution in [1.29, 1.82) is 0 Å². The molecule has 0 radical (unpaired) electrons. The molecule has 0 aliphatic carbocycles. The number of aromatic carboxylic acids is 1. The van der Waals surface area contributed by atoms with Crippen molar-refractivity contribution in [3.05, 3.63) is 22.9 Å². The Morgan fingerprint density at radius 3 is 2.90 bits per heavy atom. The average molecular weight is 318 g/mol. The van der Waals surface area contributed by atoms with Crippen LogP contribution in [0.25, 0.3) is 0 Å². The van der Waals surface area contributed by atoms with Crippen LogP contribution >= 0.6 is 11.3 Å². The molecule has 2 N–H and O–H groups in total. The molecule has 0 unspecified atom stereocenters. The van der Waals surface area contributed by atoms with E-state index in [0.29, 0.717) is 11.7 Å². The van der Waals surface area contributed by atoms with Crippen LogP contribution < -0.4 is 4.72 Å². The minimum atomic E-state index is -3.92. The molecular formula is C9H10N4O5S2. The smallest absolute Gasteiger partial charge is 0.356 e. The number of nitrogens with zero attached hydrogens (tertiary/aromatic N) is 3. The summed E-state index contributed by atoms with van der Waals surface area (Å²) in [6.07, 6.45) is 0.234. The summed E-state index contributed by atoms with van der Waals surface area (Å²) in [5, 5.41) is 12.5. The number of aryl methyl sites for hydroxylation is 1. The van der Waals surface area contributed by atoms with Crippen molar-refractivity contribution in [3.63, 3.8) is 0 Å². The molecule has 2 aromatic heterocycles. The first-order chi connectivity index (χ1) is 9.40. The van der Waals surface area contributed by atoms with Gasteiger partial charge in [-0.3, -0.25) is 0 Å². The van der Waals surface area contributed by atoms with Crippen LogP contribution in [0.5, 0.6) is 0 Å². The monoisotopic (exact) mass is 318 g/mol. The van der Waals surface area contributed by atoms with Gasteiger partial charge in [-0.05, 0) is 0 Å². The molecule has 0 atom stereocenters. The van der Waals surface area contributed by atoms with Crippen LogP contribution in [0.15, 0.2) is 14.2 Å². The highest BCUT2D eigenvalue weighted by molar-refractivity contribution is 7.91. The minimum absolute atomic E-state index is 0.0261. The maximum Gasteiger partial charge on any atom is 0.356 e. The number of carboxylic acid groups (broad SMARTS) is 1. The number of carboxylic acids is 1.